The summed E-state index contributed by atoms with van der Waals surface area (Å²) in [5, 5.41) is 7.00. The van der Waals surface area contributed by atoms with Crippen LogP contribution in [0.25, 0.3) is 0 Å². The van der Waals surface area contributed by atoms with Crippen LogP contribution in [0, 0.1) is 6.92 Å². The van der Waals surface area contributed by atoms with Crippen molar-refractivity contribution in [2.45, 2.75) is 6.92 Å². The average molecular weight is 332 g/mol. The highest BCUT2D eigenvalue weighted by Gasteiger charge is 2.12. The van der Waals surface area contributed by atoms with Crippen molar-refractivity contribution in [1.82, 2.24) is 5.32 Å². The first-order valence-corrected chi connectivity index (χ1v) is 7.69. The van der Waals surface area contributed by atoms with Crippen molar-refractivity contribution in [3.05, 3.63) is 51.7 Å². The number of hydrogen-bond donors (Lipinski definition) is 2. The number of carbonyl (C=O) groups is 3. The lowest BCUT2D eigenvalue weighted by molar-refractivity contribution is -0.115. The molecular weight excluding hydrogens is 316 g/mol. The third-order valence-electron chi connectivity index (χ3n) is 3.09. The van der Waals surface area contributed by atoms with E-state index in [1.54, 1.807) is 42.6 Å². The number of nitrogens with one attached hydrogen (secondary N) is 2. The van der Waals surface area contributed by atoms with E-state index in [-0.39, 0.29) is 18.4 Å². The van der Waals surface area contributed by atoms with E-state index < -0.39 is 5.97 Å². The molecule has 6 nitrogen and oxygen atoms in total. The van der Waals surface area contributed by atoms with Crippen LogP contribution in [0.2, 0.25) is 0 Å². The predicted octanol–water partition coefficient (Wildman–Crippen LogP) is 2.21. The average Bonchev–Trinajstić information content (AvgIpc) is 3.08. The molecule has 1 aromatic heterocycles. The SMILES string of the molecule is COC(=O)c1ccc(C)c(NC(=O)CNC(=O)c2cccs2)c1. The zero-order chi connectivity index (χ0) is 16.8. The fraction of sp³-hybridized carbons (Fsp3) is 0.188. The molecule has 23 heavy (non-hydrogen) atoms. The van der Waals surface area contributed by atoms with Crippen LogP contribution in [-0.2, 0) is 9.53 Å². The van der Waals surface area contributed by atoms with Crippen LogP contribution in [0.5, 0.6) is 0 Å². The number of rotatable bonds is 5. The zero-order valence-corrected chi connectivity index (χ0v) is 13.5. The Kier molecular flexibility index (Phi) is 5.48. The van der Waals surface area contributed by atoms with Crippen molar-refractivity contribution in [3.63, 3.8) is 0 Å². The first kappa shape index (κ1) is 16.7. The Hall–Kier alpha value is -2.67. The van der Waals surface area contributed by atoms with Gasteiger partial charge < -0.3 is 15.4 Å². The molecule has 120 valence electrons. The summed E-state index contributed by atoms with van der Waals surface area (Å²) in [6.07, 6.45) is 0. The van der Waals surface area contributed by atoms with E-state index in [2.05, 4.69) is 15.4 Å². The van der Waals surface area contributed by atoms with Gasteiger partial charge in [-0.2, -0.15) is 0 Å². The number of thiophene rings is 1. The standard InChI is InChI=1S/C16H16N2O4S/c1-10-5-6-11(16(21)22-2)8-12(10)18-14(19)9-17-15(20)13-4-3-7-23-13/h3-8H,9H2,1-2H3,(H,17,20)(H,18,19). The molecule has 0 radical (unpaired) electrons. The minimum absolute atomic E-state index is 0.154. The first-order chi connectivity index (χ1) is 11.0. The van der Waals surface area contributed by atoms with E-state index in [4.69, 9.17) is 0 Å². The number of benzene rings is 1. The fourth-order valence-corrected chi connectivity index (χ4v) is 2.49. The first-order valence-electron chi connectivity index (χ1n) is 6.82. The number of esters is 1. The smallest absolute Gasteiger partial charge is 0.337 e. The van der Waals surface area contributed by atoms with E-state index in [0.29, 0.717) is 16.1 Å². The number of ether oxygens (including phenoxy) is 1. The van der Waals surface area contributed by atoms with Crippen LogP contribution in [0.15, 0.2) is 35.7 Å². The highest BCUT2D eigenvalue weighted by atomic mass is 32.1. The Balaban J connectivity index is 1.97. The number of methoxy groups -OCH3 is 1. The second kappa shape index (κ2) is 7.55. The second-order valence-electron chi connectivity index (χ2n) is 4.73. The third kappa shape index (κ3) is 4.40. The minimum Gasteiger partial charge on any atom is -0.465 e. The van der Waals surface area contributed by atoms with Crippen LogP contribution >= 0.6 is 11.3 Å². The quantitative estimate of drug-likeness (QED) is 0.822. The van der Waals surface area contributed by atoms with Gasteiger partial charge in [0.2, 0.25) is 5.91 Å². The zero-order valence-electron chi connectivity index (χ0n) is 12.7. The van der Waals surface area contributed by atoms with Gasteiger partial charge in [0.1, 0.15) is 0 Å². The number of hydrogen-bond acceptors (Lipinski definition) is 5. The van der Waals surface area contributed by atoms with E-state index in [9.17, 15) is 14.4 Å². The van der Waals surface area contributed by atoms with Crippen molar-refractivity contribution in [2.75, 3.05) is 19.0 Å². The molecule has 0 aliphatic carbocycles. The van der Waals surface area contributed by atoms with E-state index >= 15 is 0 Å². The summed E-state index contributed by atoms with van der Waals surface area (Å²) in [7, 11) is 1.29. The van der Waals surface area contributed by atoms with Gasteiger partial charge in [0.25, 0.3) is 5.91 Å². The van der Waals surface area contributed by atoms with Crippen molar-refractivity contribution >= 4 is 34.8 Å². The summed E-state index contributed by atoms with van der Waals surface area (Å²) >= 11 is 1.30. The van der Waals surface area contributed by atoms with E-state index in [0.717, 1.165) is 5.56 Å². The van der Waals surface area contributed by atoms with Crippen LogP contribution in [-0.4, -0.2) is 31.4 Å². The Morgan fingerprint density at radius 3 is 2.65 bits per heavy atom. The predicted molar refractivity (Wildman–Crippen MR) is 87.8 cm³/mol. The van der Waals surface area contributed by atoms with Gasteiger partial charge in [0.05, 0.1) is 24.1 Å². The van der Waals surface area contributed by atoms with E-state index in [1.165, 1.54) is 18.4 Å². The summed E-state index contributed by atoms with van der Waals surface area (Å²) in [6, 6.07) is 8.32. The molecule has 0 atom stereocenters. The maximum atomic E-state index is 12.0. The molecule has 2 N–H and O–H groups in total. The number of carbonyl (C=O) groups excluding carboxylic acids is 3. The second-order valence-corrected chi connectivity index (χ2v) is 5.68. The maximum absolute atomic E-state index is 12.0. The molecule has 1 heterocycles. The molecule has 0 spiro atoms. The lowest BCUT2D eigenvalue weighted by atomic mass is 10.1. The molecule has 1 aromatic carbocycles. The van der Waals surface area contributed by atoms with Crippen LogP contribution < -0.4 is 10.6 Å². The Labute approximate surface area is 137 Å². The fourth-order valence-electron chi connectivity index (χ4n) is 1.85. The maximum Gasteiger partial charge on any atom is 0.337 e. The molecule has 0 saturated carbocycles. The molecule has 7 heteroatoms. The monoisotopic (exact) mass is 332 g/mol. The molecule has 2 rings (SSSR count). The van der Waals surface area contributed by atoms with Crippen molar-refractivity contribution < 1.29 is 19.1 Å². The van der Waals surface area contributed by atoms with Crippen LogP contribution in [0.1, 0.15) is 25.6 Å². The molecule has 0 aliphatic rings. The molecule has 2 aromatic rings. The molecule has 0 saturated heterocycles. The minimum atomic E-state index is -0.480. The largest absolute Gasteiger partial charge is 0.465 e. The van der Waals surface area contributed by atoms with Gasteiger partial charge in [-0.05, 0) is 36.1 Å². The van der Waals surface area contributed by atoms with E-state index in [1.807, 2.05) is 0 Å². The number of anilines is 1. The highest BCUT2D eigenvalue weighted by Crippen LogP contribution is 2.17. The Morgan fingerprint density at radius 1 is 1.22 bits per heavy atom. The number of amides is 2. The Bertz CT molecular complexity index is 726. The van der Waals surface area contributed by atoms with Gasteiger partial charge in [0.15, 0.2) is 0 Å². The van der Waals surface area contributed by atoms with Gasteiger partial charge in [-0.25, -0.2) is 4.79 Å². The molecule has 0 unspecified atom stereocenters. The van der Waals surface area contributed by atoms with Gasteiger partial charge in [-0.1, -0.05) is 12.1 Å². The van der Waals surface area contributed by atoms with Gasteiger partial charge in [-0.15, -0.1) is 11.3 Å². The molecule has 2 amide bonds. The summed E-state index contributed by atoms with van der Waals surface area (Å²) in [5.74, 6) is -1.15. The van der Waals surface area contributed by atoms with Crippen molar-refractivity contribution in [2.24, 2.45) is 0 Å². The van der Waals surface area contributed by atoms with Crippen molar-refractivity contribution in [3.8, 4) is 0 Å². The van der Waals surface area contributed by atoms with Gasteiger partial charge in [-0.3, -0.25) is 9.59 Å². The van der Waals surface area contributed by atoms with Crippen LogP contribution in [0.4, 0.5) is 5.69 Å². The van der Waals surface area contributed by atoms with Gasteiger partial charge >= 0.3 is 5.97 Å². The summed E-state index contributed by atoms with van der Waals surface area (Å²) < 4.78 is 4.65. The number of aryl methyl sites for hydroxylation is 1. The summed E-state index contributed by atoms with van der Waals surface area (Å²) in [5.41, 5.74) is 1.65. The summed E-state index contributed by atoms with van der Waals surface area (Å²) in [6.45, 7) is 1.65. The third-order valence-corrected chi connectivity index (χ3v) is 3.96. The Morgan fingerprint density at radius 2 is 2.00 bits per heavy atom. The highest BCUT2D eigenvalue weighted by molar-refractivity contribution is 7.12. The molecule has 0 aliphatic heterocycles. The van der Waals surface area contributed by atoms with Crippen LogP contribution in [0.3, 0.4) is 0 Å². The lowest BCUT2D eigenvalue weighted by Gasteiger charge is -2.10. The molecular formula is C16H16N2O4S. The van der Waals surface area contributed by atoms with Crippen molar-refractivity contribution in [1.29, 1.82) is 0 Å². The topological polar surface area (TPSA) is 84.5 Å². The lowest BCUT2D eigenvalue weighted by Crippen LogP contribution is -2.32. The summed E-state index contributed by atoms with van der Waals surface area (Å²) in [4.78, 5) is 35.8. The normalized spacial score (nSPS) is 10.0. The van der Waals surface area contributed by atoms with Gasteiger partial charge in [0, 0.05) is 5.69 Å². The molecule has 0 fully saturated rings. The molecule has 0 bridgehead atoms.